The molecule has 170 valence electrons. The number of rotatable bonds is 6. The number of nitrogens with one attached hydrogen (secondary N) is 1. The number of halogens is 1. The zero-order chi connectivity index (χ0) is 23.8. The fourth-order valence-electron chi connectivity index (χ4n) is 3.79. The third-order valence-electron chi connectivity index (χ3n) is 5.59. The molecule has 0 radical (unpaired) electrons. The summed E-state index contributed by atoms with van der Waals surface area (Å²) in [6, 6.07) is 16.0. The number of amides is 3. The average Bonchev–Trinajstić information content (AvgIpc) is 3.35. The quantitative estimate of drug-likeness (QED) is 0.414. The first-order chi connectivity index (χ1) is 16.4. The first-order valence-corrected chi connectivity index (χ1v) is 11.3. The molecule has 1 aliphatic rings. The van der Waals surface area contributed by atoms with Crippen LogP contribution in [-0.2, 0) is 6.42 Å². The van der Waals surface area contributed by atoms with Gasteiger partial charge in [0, 0.05) is 12.1 Å². The number of fused-ring (bicyclic) bond motifs is 2. The topological polar surface area (TPSA) is 88.6 Å². The monoisotopic (exact) mass is 475 g/mol. The summed E-state index contributed by atoms with van der Waals surface area (Å²) in [5.74, 6) is -0.938. The molecule has 5 rings (SSSR count). The van der Waals surface area contributed by atoms with Gasteiger partial charge in [-0.25, -0.2) is 9.37 Å². The van der Waals surface area contributed by atoms with E-state index in [0.717, 1.165) is 22.6 Å². The standard InChI is InChI=1S/C25H18FN3O4S/c1-33-17-6-2-14(3-7-17)10-11-29-23(31)18-8-4-15(12-19(18)24(29)32)22(30)28-25-27-20-9-5-16(26)13-21(20)34-25/h2-9,12-13H,10-11H2,1H3,(H,27,28,30). The summed E-state index contributed by atoms with van der Waals surface area (Å²) in [4.78, 5) is 43.9. The van der Waals surface area contributed by atoms with E-state index < -0.39 is 11.8 Å². The Morgan fingerprint density at radius 3 is 2.56 bits per heavy atom. The van der Waals surface area contributed by atoms with E-state index in [9.17, 15) is 18.8 Å². The van der Waals surface area contributed by atoms with Gasteiger partial charge in [0.1, 0.15) is 11.6 Å². The molecule has 4 aromatic rings. The molecule has 34 heavy (non-hydrogen) atoms. The largest absolute Gasteiger partial charge is 0.497 e. The molecular formula is C25H18FN3O4S. The van der Waals surface area contributed by atoms with Gasteiger partial charge in [-0.1, -0.05) is 23.5 Å². The number of thiazole rings is 1. The van der Waals surface area contributed by atoms with E-state index in [0.29, 0.717) is 21.8 Å². The highest BCUT2D eigenvalue weighted by atomic mass is 32.1. The van der Waals surface area contributed by atoms with Crippen molar-refractivity contribution in [2.45, 2.75) is 6.42 Å². The van der Waals surface area contributed by atoms with Gasteiger partial charge >= 0.3 is 0 Å². The Bertz CT molecular complexity index is 1450. The van der Waals surface area contributed by atoms with Crippen LogP contribution in [0.25, 0.3) is 10.2 Å². The van der Waals surface area contributed by atoms with Crippen molar-refractivity contribution in [3.8, 4) is 5.75 Å². The highest BCUT2D eigenvalue weighted by Crippen LogP contribution is 2.28. The first-order valence-electron chi connectivity index (χ1n) is 10.4. The molecule has 0 saturated carbocycles. The van der Waals surface area contributed by atoms with Gasteiger partial charge in [-0.2, -0.15) is 0 Å². The van der Waals surface area contributed by atoms with Crippen molar-refractivity contribution in [3.05, 3.63) is 88.7 Å². The third-order valence-corrected chi connectivity index (χ3v) is 6.52. The summed E-state index contributed by atoms with van der Waals surface area (Å²) < 4.78 is 19.2. The van der Waals surface area contributed by atoms with Gasteiger partial charge in [-0.15, -0.1) is 0 Å². The van der Waals surface area contributed by atoms with Crippen LogP contribution >= 0.6 is 11.3 Å². The minimum Gasteiger partial charge on any atom is -0.497 e. The zero-order valence-electron chi connectivity index (χ0n) is 18.0. The van der Waals surface area contributed by atoms with Crippen LogP contribution < -0.4 is 10.1 Å². The van der Waals surface area contributed by atoms with Crippen LogP contribution in [0, 0.1) is 5.82 Å². The Kier molecular flexibility index (Phi) is 5.54. The normalized spacial score (nSPS) is 12.8. The summed E-state index contributed by atoms with van der Waals surface area (Å²) in [5, 5.41) is 2.99. The maximum atomic E-state index is 13.4. The van der Waals surface area contributed by atoms with Gasteiger partial charge in [0.05, 0.1) is 28.5 Å². The number of hydrogen-bond acceptors (Lipinski definition) is 6. The Labute approximate surface area is 197 Å². The van der Waals surface area contributed by atoms with E-state index in [-0.39, 0.29) is 35.0 Å². The first kappa shape index (κ1) is 21.7. The lowest BCUT2D eigenvalue weighted by Gasteiger charge is -2.13. The van der Waals surface area contributed by atoms with Gasteiger partial charge < -0.3 is 4.74 Å². The fraction of sp³-hybridized carbons (Fsp3) is 0.120. The van der Waals surface area contributed by atoms with Crippen LogP contribution in [0.3, 0.4) is 0 Å². The van der Waals surface area contributed by atoms with Gasteiger partial charge in [-0.05, 0) is 60.5 Å². The molecule has 3 amide bonds. The van der Waals surface area contributed by atoms with Crippen molar-refractivity contribution < 1.29 is 23.5 Å². The molecule has 7 nitrogen and oxygen atoms in total. The number of anilines is 1. The SMILES string of the molecule is COc1ccc(CCN2C(=O)c3ccc(C(=O)Nc4nc5ccc(F)cc5s4)cc3C2=O)cc1. The van der Waals surface area contributed by atoms with Crippen LogP contribution in [0.15, 0.2) is 60.7 Å². The Balaban J connectivity index is 1.30. The molecular weight excluding hydrogens is 457 g/mol. The molecule has 1 aromatic heterocycles. The van der Waals surface area contributed by atoms with Gasteiger partial charge in [-0.3, -0.25) is 24.6 Å². The summed E-state index contributed by atoms with van der Waals surface area (Å²) in [5.41, 5.74) is 2.23. The molecule has 0 saturated heterocycles. The van der Waals surface area contributed by atoms with E-state index in [1.165, 1.54) is 41.3 Å². The van der Waals surface area contributed by atoms with Crippen LogP contribution in [0.2, 0.25) is 0 Å². The number of nitrogens with zero attached hydrogens (tertiary/aromatic N) is 2. The van der Waals surface area contributed by atoms with E-state index in [1.807, 2.05) is 24.3 Å². The van der Waals surface area contributed by atoms with Gasteiger partial charge in [0.2, 0.25) is 0 Å². The molecule has 0 atom stereocenters. The van der Waals surface area contributed by atoms with Crippen molar-refractivity contribution in [2.24, 2.45) is 0 Å². The van der Waals surface area contributed by atoms with Gasteiger partial charge in [0.15, 0.2) is 5.13 Å². The average molecular weight is 476 g/mol. The Hall–Kier alpha value is -4.11. The molecule has 1 aliphatic heterocycles. The molecule has 0 bridgehead atoms. The molecule has 0 aliphatic carbocycles. The molecule has 9 heteroatoms. The highest BCUT2D eigenvalue weighted by Gasteiger charge is 2.35. The molecule has 2 heterocycles. The highest BCUT2D eigenvalue weighted by molar-refractivity contribution is 7.22. The molecule has 0 unspecified atom stereocenters. The maximum Gasteiger partial charge on any atom is 0.261 e. The van der Waals surface area contributed by atoms with E-state index in [2.05, 4.69) is 10.3 Å². The van der Waals surface area contributed by atoms with Crippen molar-refractivity contribution >= 4 is 44.4 Å². The van der Waals surface area contributed by atoms with Gasteiger partial charge in [0.25, 0.3) is 17.7 Å². The summed E-state index contributed by atoms with van der Waals surface area (Å²) in [6.07, 6.45) is 0.501. The van der Waals surface area contributed by atoms with E-state index in [1.54, 1.807) is 7.11 Å². The zero-order valence-corrected chi connectivity index (χ0v) is 18.8. The summed E-state index contributed by atoms with van der Waals surface area (Å²) in [7, 11) is 1.59. The van der Waals surface area contributed by atoms with Crippen molar-refractivity contribution in [3.63, 3.8) is 0 Å². The lowest BCUT2D eigenvalue weighted by molar-refractivity contribution is 0.0656. The second kappa shape index (κ2) is 8.68. The number of carbonyl (C=O) groups is 3. The van der Waals surface area contributed by atoms with Crippen molar-refractivity contribution in [1.82, 2.24) is 9.88 Å². The number of hydrogen-bond donors (Lipinski definition) is 1. The Morgan fingerprint density at radius 1 is 1.03 bits per heavy atom. The summed E-state index contributed by atoms with van der Waals surface area (Å²) >= 11 is 1.15. The summed E-state index contributed by atoms with van der Waals surface area (Å²) in [6.45, 7) is 0.225. The van der Waals surface area contributed by atoms with Crippen LogP contribution in [-0.4, -0.2) is 41.3 Å². The van der Waals surface area contributed by atoms with Crippen LogP contribution in [0.4, 0.5) is 9.52 Å². The second-order valence-electron chi connectivity index (χ2n) is 7.71. The number of benzene rings is 3. The van der Waals surface area contributed by atoms with Crippen molar-refractivity contribution in [2.75, 3.05) is 19.0 Å². The van der Waals surface area contributed by atoms with E-state index in [4.69, 9.17) is 4.74 Å². The molecule has 0 fully saturated rings. The predicted molar refractivity (Wildman–Crippen MR) is 126 cm³/mol. The minimum atomic E-state index is -0.473. The number of carbonyl (C=O) groups excluding carboxylic acids is 3. The number of aromatic nitrogens is 1. The maximum absolute atomic E-state index is 13.4. The third kappa shape index (κ3) is 4.01. The lowest BCUT2D eigenvalue weighted by atomic mass is 10.1. The molecule has 0 spiro atoms. The number of imide groups is 1. The smallest absolute Gasteiger partial charge is 0.261 e. The van der Waals surface area contributed by atoms with E-state index >= 15 is 0 Å². The lowest BCUT2D eigenvalue weighted by Crippen LogP contribution is -2.31. The van der Waals surface area contributed by atoms with Crippen LogP contribution in [0.1, 0.15) is 36.6 Å². The number of ether oxygens (including phenoxy) is 1. The Morgan fingerprint density at radius 2 is 1.79 bits per heavy atom. The second-order valence-corrected chi connectivity index (χ2v) is 8.74. The molecule has 1 N–H and O–H groups in total. The fourth-order valence-corrected chi connectivity index (χ4v) is 4.68. The molecule has 3 aromatic carbocycles. The predicted octanol–water partition coefficient (Wildman–Crippen LogP) is 4.54. The van der Waals surface area contributed by atoms with Crippen molar-refractivity contribution in [1.29, 1.82) is 0 Å². The minimum absolute atomic E-state index is 0.193. The van der Waals surface area contributed by atoms with Crippen LogP contribution in [0.5, 0.6) is 5.75 Å². The number of methoxy groups -OCH3 is 1.